The molecule has 2 heterocycles. The van der Waals surface area contributed by atoms with E-state index in [-0.39, 0.29) is 35.4 Å². The second kappa shape index (κ2) is 10.1. The van der Waals surface area contributed by atoms with E-state index in [4.69, 9.17) is 4.74 Å². The van der Waals surface area contributed by atoms with Gasteiger partial charge in [-0.15, -0.1) is 0 Å². The van der Waals surface area contributed by atoms with E-state index in [2.05, 4.69) is 20.0 Å². The van der Waals surface area contributed by atoms with E-state index in [0.717, 1.165) is 12.1 Å². The first-order chi connectivity index (χ1) is 17.1. The summed E-state index contributed by atoms with van der Waals surface area (Å²) in [6.45, 7) is 0.387. The first-order valence-electron chi connectivity index (χ1n) is 10.8. The van der Waals surface area contributed by atoms with Gasteiger partial charge in [-0.3, -0.25) is 4.79 Å². The molecule has 1 aromatic heterocycles. The van der Waals surface area contributed by atoms with Crippen molar-refractivity contribution in [1.82, 2.24) is 14.7 Å². The Morgan fingerprint density at radius 1 is 1.08 bits per heavy atom. The van der Waals surface area contributed by atoms with Crippen molar-refractivity contribution in [3.05, 3.63) is 65.9 Å². The molecule has 10 nitrogen and oxygen atoms in total. The maximum absolute atomic E-state index is 14.5. The number of halogens is 2. The van der Waals surface area contributed by atoms with Gasteiger partial charge >= 0.3 is 0 Å². The van der Waals surface area contributed by atoms with Crippen LogP contribution in [0.25, 0.3) is 0 Å². The number of nitrogens with one attached hydrogen (secondary N) is 2. The summed E-state index contributed by atoms with van der Waals surface area (Å²) in [4.78, 5) is 24.4. The van der Waals surface area contributed by atoms with Gasteiger partial charge in [-0.25, -0.2) is 26.9 Å². The third kappa shape index (κ3) is 4.85. The molecule has 13 heteroatoms. The number of hydrogen-bond donors (Lipinski definition) is 2. The lowest BCUT2D eigenvalue weighted by molar-refractivity contribution is -0.120. The van der Waals surface area contributed by atoms with Crippen LogP contribution in [0.5, 0.6) is 0 Å². The van der Waals surface area contributed by atoms with Gasteiger partial charge < -0.3 is 19.9 Å². The van der Waals surface area contributed by atoms with Gasteiger partial charge in [0, 0.05) is 33.4 Å². The van der Waals surface area contributed by atoms with Crippen LogP contribution in [0.2, 0.25) is 0 Å². The monoisotopic (exact) mass is 518 g/mol. The summed E-state index contributed by atoms with van der Waals surface area (Å²) in [7, 11) is 0.792. The number of methoxy groups -OCH3 is 1. The molecule has 1 aliphatic heterocycles. The van der Waals surface area contributed by atoms with Crippen LogP contribution in [0, 0.1) is 11.6 Å². The number of rotatable bonds is 8. The van der Waals surface area contributed by atoms with Crippen molar-refractivity contribution in [3.63, 3.8) is 0 Å². The second-order valence-corrected chi connectivity index (χ2v) is 9.76. The Bertz CT molecular complexity index is 1370. The van der Waals surface area contributed by atoms with Gasteiger partial charge in [0.05, 0.1) is 23.3 Å². The highest BCUT2D eigenvalue weighted by Gasteiger charge is 2.40. The Kier molecular flexibility index (Phi) is 7.15. The molecule has 3 aromatic rings. The number of fused-ring (bicyclic) bond motifs is 1. The summed E-state index contributed by atoms with van der Waals surface area (Å²) in [6, 6.07) is 8.10. The van der Waals surface area contributed by atoms with E-state index in [1.54, 1.807) is 12.1 Å². The molecule has 1 atom stereocenters. The van der Waals surface area contributed by atoms with Crippen LogP contribution in [0.15, 0.2) is 53.6 Å². The minimum Gasteiger partial charge on any atom is -0.383 e. The van der Waals surface area contributed by atoms with Crippen LogP contribution in [-0.4, -0.2) is 58.6 Å². The first kappa shape index (κ1) is 25.4. The van der Waals surface area contributed by atoms with E-state index in [1.165, 1.54) is 55.4 Å². The summed E-state index contributed by atoms with van der Waals surface area (Å²) in [5, 5.41) is 2.97. The molecule has 190 valence electrons. The molecule has 1 unspecified atom stereocenters. The Hall–Kier alpha value is -3.68. The Labute approximate surface area is 207 Å². The van der Waals surface area contributed by atoms with Crippen LogP contribution >= 0.6 is 0 Å². The third-order valence-corrected chi connectivity index (χ3v) is 7.17. The fourth-order valence-corrected chi connectivity index (χ4v) is 4.82. The molecule has 1 amide bonds. The van der Waals surface area contributed by atoms with Gasteiger partial charge in [-0.2, -0.15) is 4.98 Å². The molecule has 0 fully saturated rings. The zero-order valence-corrected chi connectivity index (χ0v) is 20.5. The average molecular weight is 519 g/mol. The SMILES string of the molecule is COCCNS(=O)(=O)c1ccc(Nc2ncc3c(n2)N(C)C(c2c(F)cccc2F)C(=O)N3C)cc1. The zero-order chi connectivity index (χ0) is 26.0. The van der Waals surface area contributed by atoms with Crippen molar-refractivity contribution in [2.45, 2.75) is 10.9 Å². The molecule has 2 N–H and O–H groups in total. The Balaban J connectivity index is 1.60. The number of sulfonamides is 1. The highest BCUT2D eigenvalue weighted by molar-refractivity contribution is 7.89. The fourth-order valence-electron chi connectivity index (χ4n) is 3.81. The topological polar surface area (TPSA) is 117 Å². The number of benzene rings is 2. The lowest BCUT2D eigenvalue weighted by atomic mass is 10.0. The minimum atomic E-state index is -3.69. The molecule has 0 bridgehead atoms. The molecule has 36 heavy (non-hydrogen) atoms. The van der Waals surface area contributed by atoms with Crippen molar-refractivity contribution >= 4 is 39.1 Å². The lowest BCUT2D eigenvalue weighted by Crippen LogP contribution is -2.46. The number of nitrogens with zero attached hydrogens (tertiary/aromatic N) is 4. The maximum Gasteiger partial charge on any atom is 0.254 e. The summed E-state index contributed by atoms with van der Waals surface area (Å²) in [5.74, 6) is -1.78. The van der Waals surface area contributed by atoms with E-state index >= 15 is 0 Å². The molecule has 0 aliphatic carbocycles. The number of carbonyl (C=O) groups is 1. The Morgan fingerprint density at radius 3 is 2.39 bits per heavy atom. The summed E-state index contributed by atoms with van der Waals surface area (Å²) >= 11 is 0. The van der Waals surface area contributed by atoms with Gasteiger partial charge in [-0.05, 0) is 36.4 Å². The van der Waals surface area contributed by atoms with Crippen LogP contribution in [0.3, 0.4) is 0 Å². The molecule has 2 aromatic carbocycles. The normalized spacial score (nSPS) is 15.7. The molecule has 0 spiro atoms. The number of hydrogen-bond acceptors (Lipinski definition) is 8. The number of ether oxygens (including phenoxy) is 1. The molecule has 4 rings (SSSR count). The van der Waals surface area contributed by atoms with Gasteiger partial charge in [0.1, 0.15) is 23.4 Å². The van der Waals surface area contributed by atoms with Gasteiger partial charge in [0.15, 0.2) is 5.82 Å². The highest BCUT2D eigenvalue weighted by atomic mass is 32.2. The van der Waals surface area contributed by atoms with E-state index in [1.807, 2.05) is 0 Å². The molecule has 0 radical (unpaired) electrons. The number of carbonyl (C=O) groups excluding carboxylic acids is 1. The number of anilines is 4. The Morgan fingerprint density at radius 2 is 1.75 bits per heavy atom. The van der Waals surface area contributed by atoms with Gasteiger partial charge in [-0.1, -0.05) is 6.07 Å². The van der Waals surface area contributed by atoms with E-state index in [0.29, 0.717) is 11.4 Å². The summed E-state index contributed by atoms with van der Waals surface area (Å²) in [5.41, 5.74) is 0.501. The average Bonchev–Trinajstić information content (AvgIpc) is 2.85. The fraction of sp³-hybridized carbons (Fsp3) is 0.261. The quantitative estimate of drug-likeness (QED) is 0.437. The van der Waals surface area contributed by atoms with Crippen molar-refractivity contribution < 1.29 is 26.7 Å². The predicted molar refractivity (Wildman–Crippen MR) is 130 cm³/mol. The number of amides is 1. The largest absolute Gasteiger partial charge is 0.383 e. The van der Waals surface area contributed by atoms with Gasteiger partial charge in [0.2, 0.25) is 16.0 Å². The molecular formula is C23H24F2N6O4S. The molecule has 0 saturated carbocycles. The van der Waals surface area contributed by atoms with Crippen molar-refractivity contribution in [1.29, 1.82) is 0 Å². The van der Waals surface area contributed by atoms with Crippen LogP contribution in [0.4, 0.5) is 31.9 Å². The van der Waals surface area contributed by atoms with E-state index < -0.39 is 33.6 Å². The molecule has 0 saturated heterocycles. The van der Waals surface area contributed by atoms with Crippen LogP contribution < -0.4 is 19.8 Å². The first-order valence-corrected chi connectivity index (χ1v) is 12.3. The summed E-state index contributed by atoms with van der Waals surface area (Å²) < 4.78 is 61.0. The number of likely N-dealkylation sites (N-methyl/N-ethyl adjacent to an activating group) is 2. The van der Waals surface area contributed by atoms with Crippen molar-refractivity contribution in [2.75, 3.05) is 49.5 Å². The molecule has 1 aliphatic rings. The third-order valence-electron chi connectivity index (χ3n) is 5.69. The minimum absolute atomic E-state index is 0.0742. The summed E-state index contributed by atoms with van der Waals surface area (Å²) in [6.07, 6.45) is 1.42. The molecular weight excluding hydrogens is 494 g/mol. The highest BCUT2D eigenvalue weighted by Crippen LogP contribution is 2.40. The maximum atomic E-state index is 14.5. The van der Waals surface area contributed by atoms with Crippen molar-refractivity contribution in [3.8, 4) is 0 Å². The lowest BCUT2D eigenvalue weighted by Gasteiger charge is -2.38. The smallest absolute Gasteiger partial charge is 0.254 e. The second-order valence-electron chi connectivity index (χ2n) is 7.99. The standard InChI is InChI=1S/C23H24F2N6O4S/c1-30-18-13-26-23(28-14-7-9-15(10-8-14)36(33,34)27-11-12-35-3)29-21(18)31(2)20(22(30)32)19-16(24)5-4-6-17(19)25/h4-10,13,20,27H,11-12H2,1-3H3,(H,26,28,29). The van der Waals surface area contributed by atoms with Crippen LogP contribution in [-0.2, 0) is 19.6 Å². The van der Waals surface area contributed by atoms with Crippen LogP contribution in [0.1, 0.15) is 11.6 Å². The van der Waals surface area contributed by atoms with Crippen molar-refractivity contribution in [2.24, 2.45) is 0 Å². The van der Waals surface area contributed by atoms with E-state index in [9.17, 15) is 22.0 Å². The van der Waals surface area contributed by atoms with Gasteiger partial charge in [0.25, 0.3) is 5.91 Å². The number of aromatic nitrogens is 2. The zero-order valence-electron chi connectivity index (χ0n) is 19.7. The predicted octanol–water partition coefficient (Wildman–Crippen LogP) is 2.58.